The molecular formula is C22H25FN2O3. The van der Waals surface area contributed by atoms with Crippen LogP contribution in [0.4, 0.5) is 4.39 Å². The number of ether oxygens (including phenoxy) is 1. The monoisotopic (exact) mass is 384 g/mol. The number of nitrogens with zero attached hydrogens (tertiary/aromatic N) is 2. The highest BCUT2D eigenvalue weighted by Gasteiger charge is 2.27. The molecule has 0 N–H and O–H groups in total. The van der Waals surface area contributed by atoms with Gasteiger partial charge in [-0.3, -0.25) is 4.79 Å². The molecule has 1 heterocycles. The van der Waals surface area contributed by atoms with Gasteiger partial charge in [0.2, 0.25) is 5.91 Å². The second-order valence-electron chi connectivity index (χ2n) is 7.20. The highest BCUT2D eigenvalue weighted by molar-refractivity contribution is 6.01. The van der Waals surface area contributed by atoms with Gasteiger partial charge in [0.1, 0.15) is 11.6 Å². The van der Waals surface area contributed by atoms with E-state index in [-0.39, 0.29) is 23.7 Å². The minimum Gasteiger partial charge on any atom is -0.497 e. The first kappa shape index (κ1) is 19.9. The van der Waals surface area contributed by atoms with Crippen LogP contribution < -0.4 is 4.74 Å². The molecule has 28 heavy (non-hydrogen) atoms. The predicted octanol–water partition coefficient (Wildman–Crippen LogP) is 4.01. The molecule has 0 fully saturated rings. The van der Waals surface area contributed by atoms with Gasteiger partial charge in [-0.1, -0.05) is 31.1 Å². The van der Waals surface area contributed by atoms with E-state index in [1.807, 2.05) is 38.1 Å². The van der Waals surface area contributed by atoms with E-state index < -0.39 is 0 Å². The zero-order valence-electron chi connectivity index (χ0n) is 16.4. The molecule has 0 bridgehead atoms. The lowest BCUT2D eigenvalue weighted by atomic mass is 10.0. The maximum absolute atomic E-state index is 13.2. The maximum Gasteiger partial charge on any atom is 0.225 e. The van der Waals surface area contributed by atoms with Crippen LogP contribution in [0.2, 0.25) is 0 Å². The normalized spacial score (nSPS) is 15.9. The van der Waals surface area contributed by atoms with Crippen LogP contribution in [-0.4, -0.2) is 36.3 Å². The zero-order valence-corrected chi connectivity index (χ0v) is 16.4. The first-order valence-electron chi connectivity index (χ1n) is 9.36. The van der Waals surface area contributed by atoms with Crippen LogP contribution in [0, 0.1) is 11.7 Å². The molecule has 1 atom stereocenters. The van der Waals surface area contributed by atoms with Gasteiger partial charge in [-0.15, -0.1) is 0 Å². The number of carbonyl (C=O) groups is 1. The quantitative estimate of drug-likeness (QED) is 0.725. The summed E-state index contributed by atoms with van der Waals surface area (Å²) in [5.74, 6) is 0.393. The van der Waals surface area contributed by atoms with Gasteiger partial charge in [-0.25, -0.2) is 4.39 Å². The topological polar surface area (TPSA) is 51.1 Å². The largest absolute Gasteiger partial charge is 0.497 e. The third kappa shape index (κ3) is 4.88. The van der Waals surface area contributed by atoms with Crippen molar-refractivity contribution in [1.29, 1.82) is 0 Å². The molecule has 2 aromatic rings. The third-order valence-electron chi connectivity index (χ3n) is 4.67. The molecule has 0 radical (unpaired) electrons. The summed E-state index contributed by atoms with van der Waals surface area (Å²) in [6.07, 6.45) is 0.415. The molecule has 148 valence electrons. The van der Waals surface area contributed by atoms with Crippen LogP contribution in [0.25, 0.3) is 0 Å². The Kier molecular flexibility index (Phi) is 6.29. The standard InChI is InChI=1S/C22H25FN2O3/c1-15(2)22(26)25(13-16-4-8-18(23)9-5-16)14-20-12-21(24-28-20)17-6-10-19(27-3)11-7-17/h4-11,15,20H,12-14H2,1-3H3/t20-/m0/s1. The van der Waals surface area contributed by atoms with Crippen molar-refractivity contribution in [3.63, 3.8) is 0 Å². The van der Waals surface area contributed by atoms with E-state index in [1.54, 1.807) is 24.1 Å². The summed E-state index contributed by atoms with van der Waals surface area (Å²) in [5.41, 5.74) is 2.71. The van der Waals surface area contributed by atoms with Crippen molar-refractivity contribution in [3.8, 4) is 5.75 Å². The lowest BCUT2D eigenvalue weighted by Crippen LogP contribution is -2.39. The fourth-order valence-electron chi connectivity index (χ4n) is 3.13. The van der Waals surface area contributed by atoms with E-state index in [0.717, 1.165) is 22.6 Å². The van der Waals surface area contributed by atoms with E-state index in [1.165, 1.54) is 12.1 Å². The van der Waals surface area contributed by atoms with Crippen molar-refractivity contribution in [2.45, 2.75) is 32.9 Å². The van der Waals surface area contributed by atoms with Gasteiger partial charge in [0.25, 0.3) is 0 Å². The fourth-order valence-corrected chi connectivity index (χ4v) is 3.13. The van der Waals surface area contributed by atoms with Crippen molar-refractivity contribution >= 4 is 11.6 Å². The van der Waals surface area contributed by atoms with Crippen LogP contribution in [0.1, 0.15) is 31.4 Å². The van der Waals surface area contributed by atoms with Gasteiger partial charge < -0.3 is 14.5 Å². The van der Waals surface area contributed by atoms with Gasteiger partial charge in [-0.05, 0) is 47.5 Å². The number of hydrogen-bond acceptors (Lipinski definition) is 4. The van der Waals surface area contributed by atoms with E-state index in [2.05, 4.69) is 5.16 Å². The summed E-state index contributed by atoms with van der Waals surface area (Å²) < 4.78 is 18.3. The summed E-state index contributed by atoms with van der Waals surface area (Å²) in [6.45, 7) is 4.58. The number of benzene rings is 2. The average molecular weight is 384 g/mol. The number of halogens is 1. The number of hydrogen-bond donors (Lipinski definition) is 0. The Labute approximate surface area is 164 Å². The molecule has 0 aromatic heterocycles. The first-order valence-corrected chi connectivity index (χ1v) is 9.36. The Morgan fingerprint density at radius 2 is 1.89 bits per heavy atom. The number of amides is 1. The molecule has 0 aliphatic carbocycles. The number of rotatable bonds is 7. The highest BCUT2D eigenvalue weighted by Crippen LogP contribution is 2.21. The molecule has 0 spiro atoms. The van der Waals surface area contributed by atoms with E-state index in [4.69, 9.17) is 9.57 Å². The van der Waals surface area contributed by atoms with E-state index in [9.17, 15) is 9.18 Å². The number of carbonyl (C=O) groups excluding carboxylic acids is 1. The minimum absolute atomic E-state index is 0.0332. The number of oxime groups is 1. The minimum atomic E-state index is -0.290. The highest BCUT2D eigenvalue weighted by atomic mass is 19.1. The predicted molar refractivity (Wildman–Crippen MR) is 106 cm³/mol. The molecule has 0 saturated heterocycles. The van der Waals surface area contributed by atoms with Crippen LogP contribution in [0.15, 0.2) is 53.7 Å². The second-order valence-corrected chi connectivity index (χ2v) is 7.20. The molecule has 1 aliphatic rings. The van der Waals surface area contributed by atoms with Crippen molar-refractivity contribution in [2.24, 2.45) is 11.1 Å². The van der Waals surface area contributed by atoms with Crippen LogP contribution >= 0.6 is 0 Å². The Balaban J connectivity index is 1.66. The smallest absolute Gasteiger partial charge is 0.225 e. The summed E-state index contributed by atoms with van der Waals surface area (Å²) >= 11 is 0. The van der Waals surface area contributed by atoms with Gasteiger partial charge in [-0.2, -0.15) is 0 Å². The summed E-state index contributed by atoms with van der Waals surface area (Å²) in [7, 11) is 1.63. The number of methoxy groups -OCH3 is 1. The molecule has 3 rings (SSSR count). The summed E-state index contributed by atoms with van der Waals surface area (Å²) in [4.78, 5) is 20.0. The van der Waals surface area contributed by atoms with Gasteiger partial charge in [0.05, 0.1) is 19.4 Å². The Hall–Kier alpha value is -2.89. The Morgan fingerprint density at radius 1 is 1.21 bits per heavy atom. The Morgan fingerprint density at radius 3 is 2.50 bits per heavy atom. The van der Waals surface area contributed by atoms with Crippen LogP contribution in [0.3, 0.4) is 0 Å². The molecule has 0 unspecified atom stereocenters. The average Bonchev–Trinajstić information content (AvgIpc) is 3.17. The summed E-state index contributed by atoms with van der Waals surface area (Å²) in [6, 6.07) is 13.9. The van der Waals surface area contributed by atoms with Gasteiger partial charge in [0, 0.05) is 18.9 Å². The molecule has 2 aromatic carbocycles. The van der Waals surface area contributed by atoms with Crippen molar-refractivity contribution < 1.29 is 18.8 Å². The molecule has 1 aliphatic heterocycles. The SMILES string of the molecule is COc1ccc(C2=NO[C@H](CN(Cc3ccc(F)cc3)C(=O)C(C)C)C2)cc1. The van der Waals surface area contributed by atoms with Gasteiger partial charge in [0.15, 0.2) is 6.10 Å². The summed E-state index contributed by atoms with van der Waals surface area (Å²) in [5, 5.41) is 4.21. The van der Waals surface area contributed by atoms with Crippen molar-refractivity contribution in [3.05, 3.63) is 65.5 Å². The van der Waals surface area contributed by atoms with Gasteiger partial charge >= 0.3 is 0 Å². The molecule has 5 nitrogen and oxygen atoms in total. The molecular weight excluding hydrogens is 359 g/mol. The zero-order chi connectivity index (χ0) is 20.1. The second kappa shape index (κ2) is 8.87. The molecule has 1 amide bonds. The van der Waals surface area contributed by atoms with Crippen molar-refractivity contribution in [1.82, 2.24) is 4.90 Å². The van der Waals surface area contributed by atoms with E-state index >= 15 is 0 Å². The fraction of sp³-hybridized carbons (Fsp3) is 0.364. The van der Waals surface area contributed by atoms with Crippen LogP contribution in [-0.2, 0) is 16.2 Å². The van der Waals surface area contributed by atoms with E-state index in [0.29, 0.717) is 19.5 Å². The molecule has 6 heteroatoms. The Bertz CT molecular complexity index is 832. The van der Waals surface area contributed by atoms with Crippen molar-refractivity contribution in [2.75, 3.05) is 13.7 Å². The first-order chi connectivity index (χ1) is 13.5. The lowest BCUT2D eigenvalue weighted by molar-refractivity contribution is -0.136. The third-order valence-corrected chi connectivity index (χ3v) is 4.67. The maximum atomic E-state index is 13.2. The van der Waals surface area contributed by atoms with Crippen LogP contribution in [0.5, 0.6) is 5.75 Å². The molecule has 0 saturated carbocycles. The lowest BCUT2D eigenvalue weighted by Gasteiger charge is -2.26.